The summed E-state index contributed by atoms with van der Waals surface area (Å²) in [6.45, 7) is 0. The summed E-state index contributed by atoms with van der Waals surface area (Å²) in [6, 6.07) is 21.8. The zero-order chi connectivity index (χ0) is 21.3. The van der Waals surface area contributed by atoms with Crippen molar-refractivity contribution in [3.63, 3.8) is 0 Å². The minimum Gasteiger partial charge on any atom is -0.497 e. The average molecular weight is 421 g/mol. The Morgan fingerprint density at radius 2 is 1.53 bits per heavy atom. The lowest BCUT2D eigenvalue weighted by molar-refractivity contribution is 0.0955. The van der Waals surface area contributed by atoms with Crippen molar-refractivity contribution in [2.45, 2.75) is 0 Å². The number of carbonyl (C=O) groups excluding carboxylic acids is 1. The average Bonchev–Trinajstić information content (AvgIpc) is 2.79. The SMILES string of the molecule is COc1ccc(C=CC(=NNC(=O)c2cccc(Cl)c2)c2ccc(OC)cc2)cc1. The fourth-order valence-corrected chi connectivity index (χ4v) is 2.85. The number of benzene rings is 3. The molecular formula is C24H21ClN2O3. The number of carbonyl (C=O) groups is 1. The zero-order valence-corrected chi connectivity index (χ0v) is 17.4. The van der Waals surface area contributed by atoms with E-state index in [4.69, 9.17) is 21.1 Å². The molecule has 0 atom stereocenters. The molecule has 152 valence electrons. The maximum absolute atomic E-state index is 12.4. The summed E-state index contributed by atoms with van der Waals surface area (Å²) in [6.07, 6.45) is 3.75. The summed E-state index contributed by atoms with van der Waals surface area (Å²) in [5, 5.41) is 4.81. The lowest BCUT2D eigenvalue weighted by atomic mass is 10.1. The number of hydrazone groups is 1. The molecule has 3 rings (SSSR count). The lowest BCUT2D eigenvalue weighted by Crippen LogP contribution is -2.19. The van der Waals surface area contributed by atoms with E-state index >= 15 is 0 Å². The number of hydrogen-bond acceptors (Lipinski definition) is 4. The smallest absolute Gasteiger partial charge is 0.271 e. The van der Waals surface area contributed by atoms with Gasteiger partial charge >= 0.3 is 0 Å². The molecule has 0 aliphatic heterocycles. The third kappa shape index (κ3) is 5.72. The van der Waals surface area contributed by atoms with Crippen molar-refractivity contribution in [2.24, 2.45) is 5.10 Å². The molecule has 0 saturated heterocycles. The molecule has 0 fully saturated rings. The van der Waals surface area contributed by atoms with Gasteiger partial charge in [0.2, 0.25) is 0 Å². The van der Waals surface area contributed by atoms with Crippen LogP contribution < -0.4 is 14.9 Å². The van der Waals surface area contributed by atoms with Gasteiger partial charge in [-0.25, -0.2) is 5.43 Å². The molecule has 30 heavy (non-hydrogen) atoms. The molecule has 1 N–H and O–H groups in total. The van der Waals surface area contributed by atoms with Gasteiger partial charge in [-0.05, 0) is 66.2 Å². The van der Waals surface area contributed by atoms with Crippen molar-refractivity contribution >= 4 is 29.3 Å². The topological polar surface area (TPSA) is 59.9 Å². The Morgan fingerprint density at radius 3 is 2.13 bits per heavy atom. The van der Waals surface area contributed by atoms with Crippen LogP contribution in [0.15, 0.2) is 84.0 Å². The molecule has 5 nitrogen and oxygen atoms in total. The van der Waals surface area contributed by atoms with Crippen molar-refractivity contribution in [1.29, 1.82) is 0 Å². The van der Waals surface area contributed by atoms with Crippen LogP contribution in [0.1, 0.15) is 21.5 Å². The molecule has 0 aliphatic rings. The van der Waals surface area contributed by atoms with Gasteiger partial charge in [0.25, 0.3) is 5.91 Å². The lowest BCUT2D eigenvalue weighted by Gasteiger charge is -2.06. The van der Waals surface area contributed by atoms with E-state index in [0.29, 0.717) is 16.3 Å². The van der Waals surface area contributed by atoms with Crippen LogP contribution in [0.5, 0.6) is 11.5 Å². The van der Waals surface area contributed by atoms with Gasteiger partial charge in [0.05, 0.1) is 19.9 Å². The number of halogens is 1. The van der Waals surface area contributed by atoms with Crippen molar-refractivity contribution in [1.82, 2.24) is 5.43 Å². The quantitative estimate of drug-likeness (QED) is 0.422. The second kappa shape index (κ2) is 10.3. The van der Waals surface area contributed by atoms with E-state index in [2.05, 4.69) is 10.5 Å². The van der Waals surface area contributed by atoms with Crippen LogP contribution in [0.4, 0.5) is 0 Å². The highest BCUT2D eigenvalue weighted by Gasteiger charge is 2.07. The van der Waals surface area contributed by atoms with Crippen LogP contribution in [-0.2, 0) is 0 Å². The van der Waals surface area contributed by atoms with Gasteiger partial charge in [0, 0.05) is 16.1 Å². The van der Waals surface area contributed by atoms with E-state index in [1.54, 1.807) is 38.5 Å². The summed E-state index contributed by atoms with van der Waals surface area (Å²) in [5.74, 6) is 1.17. The predicted molar refractivity (Wildman–Crippen MR) is 120 cm³/mol. The molecule has 0 unspecified atom stereocenters. The van der Waals surface area contributed by atoms with Crippen LogP contribution in [0.2, 0.25) is 5.02 Å². The Kier molecular flexibility index (Phi) is 7.24. The molecule has 0 saturated carbocycles. The number of hydrogen-bond donors (Lipinski definition) is 1. The molecule has 0 aliphatic carbocycles. The Labute approximate surface area is 180 Å². The van der Waals surface area contributed by atoms with E-state index in [1.807, 2.05) is 60.7 Å². The maximum atomic E-state index is 12.4. The maximum Gasteiger partial charge on any atom is 0.271 e. The van der Waals surface area contributed by atoms with Crippen LogP contribution in [0.25, 0.3) is 6.08 Å². The molecule has 1 amide bonds. The molecule has 0 heterocycles. The first kappa shape index (κ1) is 21.1. The monoisotopic (exact) mass is 420 g/mol. The Morgan fingerprint density at radius 1 is 0.900 bits per heavy atom. The number of rotatable bonds is 7. The first-order valence-corrected chi connectivity index (χ1v) is 9.57. The van der Waals surface area contributed by atoms with Gasteiger partial charge in [-0.15, -0.1) is 0 Å². The van der Waals surface area contributed by atoms with Crippen LogP contribution in [0, 0.1) is 0 Å². The second-order valence-corrected chi connectivity index (χ2v) is 6.72. The fraction of sp³-hybridized carbons (Fsp3) is 0.0833. The van der Waals surface area contributed by atoms with Crippen molar-refractivity contribution in [3.05, 3.63) is 101 Å². The number of allylic oxidation sites excluding steroid dienone is 1. The molecule has 0 radical (unpaired) electrons. The highest BCUT2D eigenvalue weighted by atomic mass is 35.5. The second-order valence-electron chi connectivity index (χ2n) is 6.28. The summed E-state index contributed by atoms with van der Waals surface area (Å²) in [7, 11) is 3.24. The highest BCUT2D eigenvalue weighted by Crippen LogP contribution is 2.16. The number of amides is 1. The van der Waals surface area contributed by atoms with E-state index in [1.165, 1.54) is 0 Å². The minimum absolute atomic E-state index is 0.346. The van der Waals surface area contributed by atoms with Gasteiger partial charge in [0.15, 0.2) is 0 Å². The first-order chi connectivity index (χ1) is 14.6. The van der Waals surface area contributed by atoms with Crippen molar-refractivity contribution in [3.8, 4) is 11.5 Å². The number of nitrogens with one attached hydrogen (secondary N) is 1. The predicted octanol–water partition coefficient (Wildman–Crippen LogP) is 5.20. The third-order valence-electron chi connectivity index (χ3n) is 4.30. The van der Waals surface area contributed by atoms with E-state index in [0.717, 1.165) is 22.6 Å². The Balaban J connectivity index is 1.86. The molecule has 0 spiro atoms. The Bertz CT molecular complexity index is 1060. The van der Waals surface area contributed by atoms with Crippen molar-refractivity contribution in [2.75, 3.05) is 14.2 Å². The summed E-state index contributed by atoms with van der Waals surface area (Å²) < 4.78 is 10.4. The normalized spacial score (nSPS) is 11.4. The van der Waals surface area contributed by atoms with Crippen molar-refractivity contribution < 1.29 is 14.3 Å². The molecular weight excluding hydrogens is 400 g/mol. The highest BCUT2D eigenvalue weighted by molar-refractivity contribution is 6.31. The molecule has 3 aromatic carbocycles. The van der Waals surface area contributed by atoms with Gasteiger partial charge in [-0.1, -0.05) is 35.9 Å². The van der Waals surface area contributed by atoms with Gasteiger partial charge in [-0.2, -0.15) is 5.10 Å². The van der Waals surface area contributed by atoms with Crippen LogP contribution in [-0.4, -0.2) is 25.8 Å². The van der Waals surface area contributed by atoms with Crippen LogP contribution in [0.3, 0.4) is 0 Å². The number of methoxy groups -OCH3 is 2. The Hall–Kier alpha value is -3.57. The van der Waals surface area contributed by atoms with Crippen LogP contribution >= 0.6 is 11.6 Å². The molecule has 0 bridgehead atoms. The standard InChI is InChI=1S/C24H21ClN2O3/c1-29-21-11-6-17(7-12-21)8-15-23(18-9-13-22(30-2)14-10-18)26-27-24(28)19-4-3-5-20(25)16-19/h3-16H,1-2H3,(H,27,28). The minimum atomic E-state index is -0.346. The number of ether oxygens (including phenoxy) is 2. The zero-order valence-electron chi connectivity index (χ0n) is 16.6. The van der Waals surface area contributed by atoms with Gasteiger partial charge in [0.1, 0.15) is 11.5 Å². The van der Waals surface area contributed by atoms with E-state index in [-0.39, 0.29) is 5.91 Å². The first-order valence-electron chi connectivity index (χ1n) is 9.19. The fourth-order valence-electron chi connectivity index (χ4n) is 2.66. The molecule has 0 aromatic heterocycles. The molecule has 3 aromatic rings. The van der Waals surface area contributed by atoms with Gasteiger partial charge < -0.3 is 9.47 Å². The molecule has 6 heteroatoms. The largest absolute Gasteiger partial charge is 0.497 e. The van der Waals surface area contributed by atoms with E-state index in [9.17, 15) is 4.79 Å². The van der Waals surface area contributed by atoms with E-state index < -0.39 is 0 Å². The third-order valence-corrected chi connectivity index (χ3v) is 4.54. The number of nitrogens with zero attached hydrogens (tertiary/aromatic N) is 1. The summed E-state index contributed by atoms with van der Waals surface area (Å²) in [5.41, 5.74) is 5.41. The summed E-state index contributed by atoms with van der Waals surface area (Å²) >= 11 is 5.97. The summed E-state index contributed by atoms with van der Waals surface area (Å²) in [4.78, 5) is 12.4. The van der Waals surface area contributed by atoms with Gasteiger partial charge in [-0.3, -0.25) is 4.79 Å².